The third kappa shape index (κ3) is 3.78. The second-order valence-corrected chi connectivity index (χ2v) is 7.55. The van der Waals surface area contributed by atoms with Crippen molar-refractivity contribution < 1.29 is 8.42 Å². The van der Waals surface area contributed by atoms with Gasteiger partial charge in [-0.15, -0.1) is 0 Å². The standard InChI is InChI=1S/C14H22N2O2S/c1-2-11-4-3-5-13(8-11)14(16-15)9-12-6-7-19(17,18)10-12/h3-5,8,12,14,16H,2,6-7,9-10,15H2,1H3. The Balaban J connectivity index is 2.07. The molecule has 2 unspecified atom stereocenters. The summed E-state index contributed by atoms with van der Waals surface area (Å²) in [5, 5.41) is 0. The average molecular weight is 282 g/mol. The van der Waals surface area contributed by atoms with E-state index in [0.29, 0.717) is 11.5 Å². The second kappa shape index (κ2) is 6.03. The fourth-order valence-electron chi connectivity index (χ4n) is 2.72. The topological polar surface area (TPSA) is 72.2 Å². The SMILES string of the molecule is CCc1cccc(C(CC2CCS(=O)(=O)C2)NN)c1. The number of nitrogens with two attached hydrogens (primary N) is 1. The highest BCUT2D eigenvalue weighted by Gasteiger charge is 2.29. The predicted molar refractivity (Wildman–Crippen MR) is 77.3 cm³/mol. The lowest BCUT2D eigenvalue weighted by Crippen LogP contribution is -2.30. The molecule has 1 aliphatic heterocycles. The van der Waals surface area contributed by atoms with E-state index >= 15 is 0 Å². The van der Waals surface area contributed by atoms with E-state index in [0.717, 1.165) is 24.8 Å². The summed E-state index contributed by atoms with van der Waals surface area (Å²) in [4.78, 5) is 0. The molecule has 2 rings (SSSR count). The summed E-state index contributed by atoms with van der Waals surface area (Å²) in [6, 6.07) is 8.35. The summed E-state index contributed by atoms with van der Waals surface area (Å²) >= 11 is 0. The van der Waals surface area contributed by atoms with Gasteiger partial charge in [0.2, 0.25) is 0 Å². The van der Waals surface area contributed by atoms with Gasteiger partial charge in [0.15, 0.2) is 9.84 Å². The van der Waals surface area contributed by atoms with E-state index in [1.165, 1.54) is 5.56 Å². The Labute approximate surface area is 115 Å². The van der Waals surface area contributed by atoms with E-state index in [1.54, 1.807) is 0 Å². The summed E-state index contributed by atoms with van der Waals surface area (Å²) in [6.45, 7) is 2.12. The molecule has 1 saturated heterocycles. The van der Waals surface area contributed by atoms with Gasteiger partial charge >= 0.3 is 0 Å². The first-order chi connectivity index (χ1) is 9.04. The quantitative estimate of drug-likeness (QED) is 0.635. The first-order valence-corrected chi connectivity index (χ1v) is 8.61. The Morgan fingerprint density at radius 1 is 1.47 bits per heavy atom. The van der Waals surface area contributed by atoms with Crippen molar-refractivity contribution in [1.82, 2.24) is 5.43 Å². The lowest BCUT2D eigenvalue weighted by molar-refractivity contribution is 0.421. The van der Waals surface area contributed by atoms with Gasteiger partial charge in [-0.05, 0) is 36.3 Å². The maximum atomic E-state index is 11.5. The van der Waals surface area contributed by atoms with Gasteiger partial charge in [-0.25, -0.2) is 8.42 Å². The Kier molecular flexibility index (Phi) is 4.60. The van der Waals surface area contributed by atoms with Crippen molar-refractivity contribution in [3.8, 4) is 0 Å². The molecule has 106 valence electrons. The number of hydrogen-bond donors (Lipinski definition) is 2. The number of nitrogens with one attached hydrogen (secondary N) is 1. The predicted octanol–water partition coefficient (Wildman–Crippen LogP) is 1.58. The fraction of sp³-hybridized carbons (Fsp3) is 0.571. The normalized spacial score (nSPS) is 23.4. The zero-order valence-electron chi connectivity index (χ0n) is 11.3. The molecule has 0 aromatic heterocycles. The zero-order chi connectivity index (χ0) is 13.9. The molecule has 0 amide bonds. The summed E-state index contributed by atoms with van der Waals surface area (Å²) in [6.07, 6.45) is 2.53. The van der Waals surface area contributed by atoms with Gasteiger partial charge in [0.05, 0.1) is 11.5 Å². The van der Waals surface area contributed by atoms with Crippen molar-refractivity contribution in [1.29, 1.82) is 0 Å². The number of rotatable bonds is 5. The molecule has 2 atom stereocenters. The van der Waals surface area contributed by atoms with Crippen LogP contribution in [0.4, 0.5) is 0 Å². The molecule has 5 heteroatoms. The molecular formula is C14H22N2O2S. The summed E-state index contributed by atoms with van der Waals surface area (Å²) in [5.41, 5.74) is 5.25. The van der Waals surface area contributed by atoms with Crippen LogP contribution < -0.4 is 11.3 Å². The van der Waals surface area contributed by atoms with Crippen LogP contribution in [0.3, 0.4) is 0 Å². The Hall–Kier alpha value is -0.910. The molecule has 0 radical (unpaired) electrons. The summed E-state index contributed by atoms with van der Waals surface area (Å²) in [7, 11) is -2.81. The van der Waals surface area contributed by atoms with Crippen LogP contribution in [0.1, 0.15) is 36.9 Å². The molecule has 1 aliphatic rings. The van der Waals surface area contributed by atoms with Crippen molar-refractivity contribution in [3.63, 3.8) is 0 Å². The molecule has 19 heavy (non-hydrogen) atoms. The Morgan fingerprint density at radius 3 is 2.84 bits per heavy atom. The van der Waals surface area contributed by atoms with Crippen LogP contribution in [0, 0.1) is 5.92 Å². The van der Waals surface area contributed by atoms with E-state index in [1.807, 2.05) is 12.1 Å². The van der Waals surface area contributed by atoms with Crippen molar-refractivity contribution in [2.24, 2.45) is 11.8 Å². The van der Waals surface area contributed by atoms with Gasteiger partial charge < -0.3 is 0 Å². The van der Waals surface area contributed by atoms with E-state index < -0.39 is 9.84 Å². The summed E-state index contributed by atoms with van der Waals surface area (Å²) < 4.78 is 23.0. The fourth-order valence-corrected chi connectivity index (χ4v) is 4.60. The summed E-state index contributed by atoms with van der Waals surface area (Å²) in [5.74, 6) is 6.49. The number of sulfone groups is 1. The van der Waals surface area contributed by atoms with Gasteiger partial charge in [0.1, 0.15) is 0 Å². The van der Waals surface area contributed by atoms with Crippen LogP contribution in [0.15, 0.2) is 24.3 Å². The van der Waals surface area contributed by atoms with E-state index in [2.05, 4.69) is 24.5 Å². The van der Waals surface area contributed by atoms with E-state index in [4.69, 9.17) is 5.84 Å². The van der Waals surface area contributed by atoms with Crippen LogP contribution in [0.2, 0.25) is 0 Å². The molecule has 0 saturated carbocycles. The highest BCUT2D eigenvalue weighted by atomic mass is 32.2. The number of hydrazine groups is 1. The average Bonchev–Trinajstić information content (AvgIpc) is 2.75. The number of hydrogen-bond acceptors (Lipinski definition) is 4. The van der Waals surface area contributed by atoms with Crippen LogP contribution in [0.5, 0.6) is 0 Å². The third-order valence-electron chi connectivity index (χ3n) is 3.86. The van der Waals surface area contributed by atoms with Crippen molar-refractivity contribution >= 4 is 9.84 Å². The maximum Gasteiger partial charge on any atom is 0.150 e. The van der Waals surface area contributed by atoms with Crippen LogP contribution in [0.25, 0.3) is 0 Å². The highest BCUT2D eigenvalue weighted by molar-refractivity contribution is 7.91. The zero-order valence-corrected chi connectivity index (χ0v) is 12.1. The van der Waals surface area contributed by atoms with Crippen LogP contribution in [-0.2, 0) is 16.3 Å². The molecule has 0 spiro atoms. The second-order valence-electron chi connectivity index (χ2n) is 5.32. The maximum absolute atomic E-state index is 11.5. The molecule has 0 bridgehead atoms. The van der Waals surface area contributed by atoms with Gasteiger partial charge in [0.25, 0.3) is 0 Å². The van der Waals surface area contributed by atoms with Crippen molar-refractivity contribution in [3.05, 3.63) is 35.4 Å². The largest absolute Gasteiger partial charge is 0.271 e. The third-order valence-corrected chi connectivity index (χ3v) is 5.70. The first kappa shape index (κ1) is 14.5. The van der Waals surface area contributed by atoms with Crippen LogP contribution >= 0.6 is 0 Å². The monoisotopic (exact) mass is 282 g/mol. The Morgan fingerprint density at radius 2 is 2.26 bits per heavy atom. The molecule has 1 fully saturated rings. The van der Waals surface area contributed by atoms with Crippen LogP contribution in [-0.4, -0.2) is 19.9 Å². The van der Waals surface area contributed by atoms with Gasteiger partial charge in [-0.1, -0.05) is 31.2 Å². The molecular weight excluding hydrogens is 260 g/mol. The molecule has 0 aliphatic carbocycles. The smallest absolute Gasteiger partial charge is 0.150 e. The molecule has 1 heterocycles. The minimum absolute atomic E-state index is 0.0322. The first-order valence-electron chi connectivity index (χ1n) is 6.79. The molecule has 4 nitrogen and oxygen atoms in total. The lowest BCUT2D eigenvalue weighted by Gasteiger charge is -2.20. The lowest BCUT2D eigenvalue weighted by atomic mass is 9.93. The van der Waals surface area contributed by atoms with E-state index in [9.17, 15) is 8.42 Å². The minimum Gasteiger partial charge on any atom is -0.271 e. The van der Waals surface area contributed by atoms with Gasteiger partial charge in [0, 0.05) is 6.04 Å². The van der Waals surface area contributed by atoms with Gasteiger partial charge in [-0.2, -0.15) is 0 Å². The van der Waals surface area contributed by atoms with E-state index in [-0.39, 0.29) is 12.0 Å². The molecule has 3 N–H and O–H groups in total. The molecule has 1 aromatic rings. The van der Waals surface area contributed by atoms with Gasteiger partial charge in [-0.3, -0.25) is 11.3 Å². The van der Waals surface area contributed by atoms with Crippen molar-refractivity contribution in [2.45, 2.75) is 32.2 Å². The van der Waals surface area contributed by atoms with Crippen molar-refractivity contribution in [2.75, 3.05) is 11.5 Å². The Bertz CT molecular complexity index is 528. The molecule has 1 aromatic carbocycles. The minimum atomic E-state index is -2.81. The highest BCUT2D eigenvalue weighted by Crippen LogP contribution is 2.28. The number of aryl methyl sites for hydroxylation is 1. The number of benzene rings is 1.